The fourth-order valence-corrected chi connectivity index (χ4v) is 4.63. The number of nitrogens with zero attached hydrogens (tertiary/aromatic N) is 2. The number of thioether (sulfide) groups is 1. The molecule has 4 nitrogen and oxygen atoms in total. The fraction of sp³-hybridized carbons (Fsp3) is 0.154. The number of amides is 1. The molecule has 0 spiro atoms. The van der Waals surface area contributed by atoms with Crippen LogP contribution in [0.2, 0.25) is 5.02 Å². The van der Waals surface area contributed by atoms with E-state index in [0.717, 1.165) is 10.5 Å². The number of allylic oxidation sites excluding steroid dienone is 5. The minimum absolute atomic E-state index is 0.230. The number of aromatic nitrogens is 1. The maximum Gasteiger partial charge on any atom is 0.264 e. The van der Waals surface area contributed by atoms with Gasteiger partial charge in [-0.15, -0.1) is 11.8 Å². The minimum Gasteiger partial charge on any atom is -0.361 e. The molecular formula is C26H23Cl3N2O2S. The molecule has 0 unspecified atom stereocenters. The summed E-state index contributed by atoms with van der Waals surface area (Å²) in [6.45, 7) is 7.34. The zero-order valence-corrected chi connectivity index (χ0v) is 21.8. The van der Waals surface area contributed by atoms with Gasteiger partial charge < -0.3 is 4.52 Å². The highest BCUT2D eigenvalue weighted by Gasteiger charge is 2.27. The number of aryl methyl sites for hydroxylation is 2. The van der Waals surface area contributed by atoms with E-state index in [-0.39, 0.29) is 12.3 Å². The van der Waals surface area contributed by atoms with Crippen molar-refractivity contribution in [3.05, 3.63) is 111 Å². The highest BCUT2D eigenvalue weighted by Crippen LogP contribution is 2.30. The van der Waals surface area contributed by atoms with Gasteiger partial charge in [0.05, 0.1) is 5.88 Å². The lowest BCUT2D eigenvalue weighted by molar-refractivity contribution is 0.0989. The average molecular weight is 534 g/mol. The van der Waals surface area contributed by atoms with Crippen molar-refractivity contribution >= 4 is 58.2 Å². The van der Waals surface area contributed by atoms with E-state index in [0.29, 0.717) is 43.7 Å². The van der Waals surface area contributed by atoms with Gasteiger partial charge in [0.15, 0.2) is 0 Å². The summed E-state index contributed by atoms with van der Waals surface area (Å²) in [4.78, 5) is 16.6. The zero-order valence-electron chi connectivity index (χ0n) is 18.7. The molecule has 8 heteroatoms. The molecule has 0 aliphatic rings. The summed E-state index contributed by atoms with van der Waals surface area (Å²) in [6, 6.07) is 15.2. The predicted octanol–water partition coefficient (Wildman–Crippen LogP) is 8.32. The molecule has 1 aromatic heterocycles. The van der Waals surface area contributed by atoms with Gasteiger partial charge in [0.1, 0.15) is 17.0 Å². The normalized spacial score (nSPS) is 11.7. The van der Waals surface area contributed by atoms with Crippen molar-refractivity contribution < 1.29 is 9.32 Å². The summed E-state index contributed by atoms with van der Waals surface area (Å²) in [5, 5.41) is 5.50. The molecule has 0 saturated carbocycles. The van der Waals surface area contributed by atoms with E-state index in [2.05, 4.69) is 11.7 Å². The van der Waals surface area contributed by atoms with Crippen molar-refractivity contribution in [3.8, 4) is 0 Å². The Morgan fingerprint density at radius 1 is 1.18 bits per heavy atom. The molecule has 3 rings (SSSR count). The Balaban J connectivity index is 1.93. The molecule has 0 saturated heterocycles. The maximum absolute atomic E-state index is 13.8. The molecule has 0 aliphatic carbocycles. The SMILES string of the molecule is C=C(Cl)/C=C\C=C(\Cl)Cc1noc(C)c1C(=O)N(CSc1ccccc1C)c1cccc(Cl)c1. The second kappa shape index (κ2) is 12.3. The number of carbonyl (C=O) groups excluding carboxylic acids is 1. The Morgan fingerprint density at radius 2 is 1.94 bits per heavy atom. The number of halogens is 3. The van der Waals surface area contributed by atoms with Crippen LogP contribution in [0.25, 0.3) is 0 Å². The molecule has 1 heterocycles. The topological polar surface area (TPSA) is 46.3 Å². The first kappa shape index (κ1) is 26.2. The summed E-state index contributed by atoms with van der Waals surface area (Å²) >= 11 is 19.9. The van der Waals surface area contributed by atoms with Crippen molar-refractivity contribution in [1.29, 1.82) is 0 Å². The summed E-state index contributed by atoms with van der Waals surface area (Å²) in [5.74, 6) is 0.548. The Labute approximate surface area is 218 Å². The second-order valence-electron chi connectivity index (χ2n) is 7.41. The molecule has 0 bridgehead atoms. The van der Waals surface area contributed by atoms with Crippen molar-refractivity contribution in [2.75, 3.05) is 10.8 Å². The predicted molar refractivity (Wildman–Crippen MR) is 143 cm³/mol. The Kier molecular flexibility index (Phi) is 9.48. The van der Waals surface area contributed by atoms with Gasteiger partial charge in [-0.2, -0.15) is 0 Å². The average Bonchev–Trinajstić information content (AvgIpc) is 3.14. The molecule has 176 valence electrons. The molecule has 1 amide bonds. The number of hydrogen-bond donors (Lipinski definition) is 0. The maximum atomic E-state index is 13.8. The smallest absolute Gasteiger partial charge is 0.264 e. The van der Waals surface area contributed by atoms with Gasteiger partial charge >= 0.3 is 0 Å². The summed E-state index contributed by atoms with van der Waals surface area (Å²) in [7, 11) is 0. The van der Waals surface area contributed by atoms with Gasteiger partial charge in [0.25, 0.3) is 5.91 Å². The quantitative estimate of drug-likeness (QED) is 0.158. The van der Waals surface area contributed by atoms with E-state index in [9.17, 15) is 4.79 Å². The first-order valence-electron chi connectivity index (χ1n) is 10.3. The number of hydrogen-bond acceptors (Lipinski definition) is 4. The van der Waals surface area contributed by atoms with Crippen molar-refractivity contribution in [2.24, 2.45) is 0 Å². The van der Waals surface area contributed by atoms with E-state index < -0.39 is 0 Å². The highest BCUT2D eigenvalue weighted by molar-refractivity contribution is 7.99. The molecule has 3 aromatic rings. The number of anilines is 1. The molecule has 0 atom stereocenters. The standard InChI is InChI=1S/C26H23Cl3N2O2S/c1-17-8-4-5-13-24(17)34-16-31(22-12-7-11-20(28)14-22)26(32)25-19(3)33-30-23(25)15-21(29)10-6-9-18(2)27/h4-14H,2,15-16H2,1,3H3/b9-6-,21-10+. The van der Waals surface area contributed by atoms with E-state index in [1.165, 1.54) is 0 Å². The Morgan fingerprint density at radius 3 is 2.65 bits per heavy atom. The van der Waals surface area contributed by atoms with Crippen molar-refractivity contribution in [3.63, 3.8) is 0 Å². The van der Waals surface area contributed by atoms with Gasteiger partial charge in [-0.25, -0.2) is 0 Å². The first-order chi connectivity index (χ1) is 16.3. The van der Waals surface area contributed by atoms with E-state index in [1.807, 2.05) is 43.3 Å². The Bertz CT molecular complexity index is 1250. The summed E-state index contributed by atoms with van der Waals surface area (Å²) < 4.78 is 5.38. The lowest BCUT2D eigenvalue weighted by Gasteiger charge is -2.23. The molecule has 0 aliphatic heterocycles. The number of benzene rings is 2. The Hall–Kier alpha value is -2.44. The van der Waals surface area contributed by atoms with E-state index in [4.69, 9.17) is 39.3 Å². The van der Waals surface area contributed by atoms with Crippen LogP contribution in [-0.4, -0.2) is 16.9 Å². The summed E-state index contributed by atoms with van der Waals surface area (Å²) in [6.07, 6.45) is 5.21. The fourth-order valence-electron chi connectivity index (χ4n) is 3.17. The van der Waals surface area contributed by atoms with Crippen LogP contribution in [0.15, 0.2) is 92.8 Å². The van der Waals surface area contributed by atoms with Crippen LogP contribution in [0.3, 0.4) is 0 Å². The lowest BCUT2D eigenvalue weighted by Crippen LogP contribution is -2.31. The zero-order chi connectivity index (χ0) is 24.7. The van der Waals surface area contributed by atoms with Crippen LogP contribution in [0.4, 0.5) is 5.69 Å². The van der Waals surface area contributed by atoms with Gasteiger partial charge in [-0.3, -0.25) is 9.69 Å². The lowest BCUT2D eigenvalue weighted by atomic mass is 10.1. The molecular weight excluding hydrogens is 511 g/mol. The van der Waals surface area contributed by atoms with E-state index in [1.54, 1.807) is 53.9 Å². The third kappa shape index (κ3) is 7.03. The van der Waals surface area contributed by atoms with Gasteiger partial charge in [-0.1, -0.05) is 76.9 Å². The van der Waals surface area contributed by atoms with Gasteiger partial charge in [-0.05, 0) is 55.8 Å². The molecule has 2 aromatic carbocycles. The van der Waals surface area contributed by atoms with Crippen molar-refractivity contribution in [2.45, 2.75) is 25.2 Å². The minimum atomic E-state index is -0.244. The highest BCUT2D eigenvalue weighted by atomic mass is 35.5. The molecule has 0 N–H and O–H groups in total. The van der Waals surface area contributed by atoms with Crippen LogP contribution < -0.4 is 4.90 Å². The van der Waals surface area contributed by atoms with Crippen LogP contribution in [0.5, 0.6) is 0 Å². The van der Waals surface area contributed by atoms with Crippen LogP contribution >= 0.6 is 46.6 Å². The number of carbonyl (C=O) groups is 1. The van der Waals surface area contributed by atoms with Crippen molar-refractivity contribution in [1.82, 2.24) is 5.16 Å². The third-order valence-corrected chi connectivity index (χ3v) is 6.62. The van der Waals surface area contributed by atoms with Crippen LogP contribution in [-0.2, 0) is 6.42 Å². The largest absolute Gasteiger partial charge is 0.361 e. The second-order valence-corrected chi connectivity index (χ2v) is 9.80. The molecule has 34 heavy (non-hydrogen) atoms. The molecule has 0 fully saturated rings. The number of rotatable bonds is 9. The van der Waals surface area contributed by atoms with Crippen LogP contribution in [0.1, 0.15) is 27.4 Å². The molecule has 0 radical (unpaired) electrons. The first-order valence-corrected chi connectivity index (χ1v) is 12.5. The third-order valence-electron chi connectivity index (χ3n) is 4.85. The summed E-state index contributed by atoms with van der Waals surface area (Å²) in [5.41, 5.74) is 2.64. The van der Waals surface area contributed by atoms with Gasteiger partial charge in [0, 0.05) is 32.1 Å². The van der Waals surface area contributed by atoms with Crippen LogP contribution in [0, 0.1) is 13.8 Å². The van der Waals surface area contributed by atoms with Gasteiger partial charge in [0.2, 0.25) is 0 Å². The van der Waals surface area contributed by atoms with E-state index >= 15 is 0 Å². The monoisotopic (exact) mass is 532 g/mol.